The molecule has 1 N–H and O–H groups in total. The highest BCUT2D eigenvalue weighted by atomic mass is 35.5. The highest BCUT2D eigenvalue weighted by Crippen LogP contribution is 2.21. The number of nitrogens with one attached hydrogen (secondary N) is 1. The normalized spacial score (nSPS) is 10.2. The zero-order valence-electron chi connectivity index (χ0n) is 13.1. The molecular formula is C17H17ClN2O4. The number of carbonyl (C=O) groups excluding carboxylic acids is 1. The van der Waals surface area contributed by atoms with Gasteiger partial charge in [-0.25, -0.2) is 0 Å². The molecule has 0 saturated heterocycles. The molecule has 2 rings (SSSR count). The van der Waals surface area contributed by atoms with E-state index >= 15 is 0 Å². The van der Waals surface area contributed by atoms with Crippen molar-refractivity contribution < 1.29 is 14.5 Å². The first-order valence-electron chi connectivity index (χ1n) is 7.35. The van der Waals surface area contributed by atoms with Crippen LogP contribution in [0.5, 0.6) is 5.75 Å². The van der Waals surface area contributed by atoms with Crippen molar-refractivity contribution in [2.24, 2.45) is 0 Å². The highest BCUT2D eigenvalue weighted by molar-refractivity contribution is 6.31. The molecule has 24 heavy (non-hydrogen) atoms. The van der Waals surface area contributed by atoms with E-state index in [0.717, 1.165) is 5.56 Å². The van der Waals surface area contributed by atoms with Gasteiger partial charge in [-0.3, -0.25) is 14.9 Å². The van der Waals surface area contributed by atoms with E-state index < -0.39 is 4.92 Å². The van der Waals surface area contributed by atoms with Gasteiger partial charge in [0.1, 0.15) is 12.4 Å². The summed E-state index contributed by atoms with van der Waals surface area (Å²) in [5.41, 5.74) is 1.28. The largest absolute Gasteiger partial charge is 0.492 e. The molecule has 0 aliphatic heterocycles. The summed E-state index contributed by atoms with van der Waals surface area (Å²) >= 11 is 6.00. The molecule has 6 nitrogen and oxygen atoms in total. The average molecular weight is 349 g/mol. The van der Waals surface area contributed by atoms with E-state index in [-0.39, 0.29) is 24.6 Å². The summed E-state index contributed by atoms with van der Waals surface area (Å²) in [4.78, 5) is 22.3. The van der Waals surface area contributed by atoms with Crippen molar-refractivity contribution in [3.05, 3.63) is 68.7 Å². The quantitative estimate of drug-likeness (QED) is 0.473. The van der Waals surface area contributed by atoms with Gasteiger partial charge in [-0.1, -0.05) is 35.9 Å². The van der Waals surface area contributed by atoms with E-state index in [0.29, 0.717) is 22.9 Å². The molecule has 0 aliphatic rings. The summed E-state index contributed by atoms with van der Waals surface area (Å²) in [5.74, 6) is 0.327. The van der Waals surface area contributed by atoms with E-state index in [1.54, 1.807) is 30.3 Å². The first-order chi connectivity index (χ1) is 11.5. The highest BCUT2D eigenvalue weighted by Gasteiger charge is 2.15. The van der Waals surface area contributed by atoms with E-state index in [4.69, 9.17) is 16.3 Å². The molecule has 0 saturated carbocycles. The Morgan fingerprint density at radius 3 is 2.75 bits per heavy atom. The van der Waals surface area contributed by atoms with Crippen LogP contribution in [-0.2, 0) is 11.2 Å². The van der Waals surface area contributed by atoms with Crippen LogP contribution in [0.15, 0.2) is 42.5 Å². The number of halogens is 1. The number of rotatable bonds is 7. The van der Waals surface area contributed by atoms with Gasteiger partial charge in [0.15, 0.2) is 0 Å². The first-order valence-corrected chi connectivity index (χ1v) is 7.73. The molecule has 0 radical (unpaired) electrons. The Bertz CT molecular complexity index is 749. The second kappa shape index (κ2) is 8.31. The Labute approximate surface area is 144 Å². The van der Waals surface area contributed by atoms with Gasteiger partial charge < -0.3 is 10.1 Å². The molecular weight excluding hydrogens is 332 g/mol. The number of para-hydroxylation sites is 1. The molecule has 7 heteroatoms. The van der Waals surface area contributed by atoms with Gasteiger partial charge in [0.25, 0.3) is 5.69 Å². The summed E-state index contributed by atoms with van der Waals surface area (Å²) in [6.45, 7) is 2.47. The number of aryl methyl sites for hydroxylation is 1. The minimum absolute atomic E-state index is 0.0481. The molecule has 0 heterocycles. The Morgan fingerprint density at radius 2 is 2.04 bits per heavy atom. The van der Waals surface area contributed by atoms with Crippen molar-refractivity contribution in [2.75, 3.05) is 13.2 Å². The number of hydrogen-bond donors (Lipinski definition) is 1. The van der Waals surface area contributed by atoms with Crippen LogP contribution in [0.2, 0.25) is 5.02 Å². The number of carbonyl (C=O) groups is 1. The molecule has 0 aromatic heterocycles. The van der Waals surface area contributed by atoms with Crippen LogP contribution in [0.3, 0.4) is 0 Å². The monoisotopic (exact) mass is 348 g/mol. The molecule has 2 aromatic rings. The topological polar surface area (TPSA) is 81.5 Å². The fraction of sp³-hybridized carbons (Fsp3) is 0.235. The predicted octanol–water partition coefficient (Wildman–Crippen LogP) is 3.29. The van der Waals surface area contributed by atoms with E-state index in [1.807, 2.05) is 13.0 Å². The number of nitrogens with zero attached hydrogens (tertiary/aromatic N) is 1. The molecule has 126 valence electrons. The fourth-order valence-electron chi connectivity index (χ4n) is 2.10. The zero-order chi connectivity index (χ0) is 17.5. The Hall–Kier alpha value is -2.60. The summed E-state index contributed by atoms with van der Waals surface area (Å²) in [6.07, 6.45) is -0.0481. The lowest BCUT2D eigenvalue weighted by molar-refractivity contribution is -0.385. The van der Waals surface area contributed by atoms with Gasteiger partial charge in [-0.05, 0) is 24.6 Å². The standard InChI is InChI=1S/C17H17ClN2O4/c1-12-6-7-14(11-15(12)18)24-9-8-19-17(21)10-13-4-2-3-5-16(13)20(22)23/h2-7,11H,8-10H2,1H3,(H,19,21). The van der Waals surface area contributed by atoms with Crippen LogP contribution >= 0.6 is 11.6 Å². The minimum atomic E-state index is -0.493. The van der Waals surface area contributed by atoms with E-state index in [2.05, 4.69) is 5.32 Å². The summed E-state index contributed by atoms with van der Waals surface area (Å²) in [5, 5.41) is 14.2. The molecule has 1 amide bonds. The molecule has 2 aromatic carbocycles. The third-order valence-electron chi connectivity index (χ3n) is 3.38. The van der Waals surface area contributed by atoms with Crippen molar-refractivity contribution in [3.8, 4) is 5.75 Å². The number of ether oxygens (including phenoxy) is 1. The Balaban J connectivity index is 1.79. The van der Waals surface area contributed by atoms with Gasteiger partial charge in [0, 0.05) is 16.7 Å². The van der Waals surface area contributed by atoms with Crippen molar-refractivity contribution >= 4 is 23.2 Å². The first kappa shape index (κ1) is 17.7. The van der Waals surface area contributed by atoms with Crippen LogP contribution in [0, 0.1) is 17.0 Å². The van der Waals surface area contributed by atoms with Gasteiger partial charge in [-0.15, -0.1) is 0 Å². The van der Waals surface area contributed by atoms with Crippen LogP contribution in [0.25, 0.3) is 0 Å². The van der Waals surface area contributed by atoms with E-state index in [1.165, 1.54) is 6.07 Å². The number of amides is 1. The Morgan fingerprint density at radius 1 is 1.29 bits per heavy atom. The molecule has 0 atom stereocenters. The Kier molecular flexibility index (Phi) is 6.14. The molecule has 0 unspecified atom stereocenters. The summed E-state index contributed by atoms with van der Waals surface area (Å²) in [7, 11) is 0. The number of benzene rings is 2. The lowest BCUT2D eigenvalue weighted by Gasteiger charge is -2.09. The SMILES string of the molecule is Cc1ccc(OCCNC(=O)Cc2ccccc2[N+](=O)[O-])cc1Cl. The zero-order valence-corrected chi connectivity index (χ0v) is 13.9. The second-order valence-electron chi connectivity index (χ2n) is 5.17. The van der Waals surface area contributed by atoms with Crippen molar-refractivity contribution in [1.82, 2.24) is 5.32 Å². The van der Waals surface area contributed by atoms with Gasteiger partial charge >= 0.3 is 0 Å². The fourth-order valence-corrected chi connectivity index (χ4v) is 2.27. The smallest absolute Gasteiger partial charge is 0.273 e. The summed E-state index contributed by atoms with van der Waals surface area (Å²) in [6, 6.07) is 11.6. The molecule has 0 bridgehead atoms. The lowest BCUT2D eigenvalue weighted by Crippen LogP contribution is -2.29. The van der Waals surface area contributed by atoms with Crippen LogP contribution < -0.4 is 10.1 Å². The maximum atomic E-state index is 11.9. The van der Waals surface area contributed by atoms with Crippen LogP contribution in [-0.4, -0.2) is 24.0 Å². The van der Waals surface area contributed by atoms with Crippen LogP contribution in [0.4, 0.5) is 5.69 Å². The van der Waals surface area contributed by atoms with Crippen LogP contribution in [0.1, 0.15) is 11.1 Å². The lowest BCUT2D eigenvalue weighted by atomic mass is 10.1. The predicted molar refractivity (Wildman–Crippen MR) is 91.5 cm³/mol. The maximum absolute atomic E-state index is 11.9. The summed E-state index contributed by atoms with van der Waals surface area (Å²) < 4.78 is 5.50. The van der Waals surface area contributed by atoms with Crippen molar-refractivity contribution in [1.29, 1.82) is 0 Å². The number of nitro benzene ring substituents is 1. The maximum Gasteiger partial charge on any atom is 0.273 e. The van der Waals surface area contributed by atoms with Crippen molar-refractivity contribution in [2.45, 2.75) is 13.3 Å². The number of nitro groups is 1. The minimum Gasteiger partial charge on any atom is -0.492 e. The molecule has 0 spiro atoms. The third kappa shape index (κ3) is 4.96. The van der Waals surface area contributed by atoms with Gasteiger partial charge in [0.2, 0.25) is 5.91 Å². The van der Waals surface area contributed by atoms with E-state index in [9.17, 15) is 14.9 Å². The van der Waals surface area contributed by atoms with Gasteiger partial charge in [0.05, 0.1) is 17.9 Å². The second-order valence-corrected chi connectivity index (χ2v) is 5.58. The average Bonchev–Trinajstić information content (AvgIpc) is 2.55. The molecule has 0 aliphatic carbocycles. The van der Waals surface area contributed by atoms with Crippen molar-refractivity contribution in [3.63, 3.8) is 0 Å². The third-order valence-corrected chi connectivity index (χ3v) is 3.78. The number of hydrogen-bond acceptors (Lipinski definition) is 4. The van der Waals surface area contributed by atoms with Gasteiger partial charge in [-0.2, -0.15) is 0 Å². The molecule has 0 fully saturated rings.